The zero-order valence-corrected chi connectivity index (χ0v) is 15.7. The number of ether oxygens (including phenoxy) is 3. The van der Waals surface area contributed by atoms with Crippen molar-refractivity contribution in [3.63, 3.8) is 0 Å². The van der Waals surface area contributed by atoms with Crippen LogP contribution in [0.1, 0.15) is 45.6 Å². The Labute approximate surface area is 154 Å². The second-order valence-corrected chi connectivity index (χ2v) is 8.44. The molecule has 4 nitrogen and oxygen atoms in total. The van der Waals surface area contributed by atoms with Gasteiger partial charge in [0, 0.05) is 12.0 Å². The molecule has 0 N–H and O–H groups in total. The van der Waals surface area contributed by atoms with Gasteiger partial charge in [-0.15, -0.1) is 0 Å². The molecule has 3 aliphatic rings. The summed E-state index contributed by atoms with van der Waals surface area (Å²) in [5.41, 5.74) is 1.54. The summed E-state index contributed by atoms with van der Waals surface area (Å²) in [6, 6.07) is 5.76. The molecular formula is C22H26O4. The highest BCUT2D eigenvalue weighted by molar-refractivity contribution is 5.82. The Kier molecular flexibility index (Phi) is 4.09. The van der Waals surface area contributed by atoms with E-state index in [1.54, 1.807) is 6.08 Å². The van der Waals surface area contributed by atoms with Crippen LogP contribution in [0.4, 0.5) is 0 Å². The molecule has 1 heterocycles. The molecule has 2 fully saturated rings. The van der Waals surface area contributed by atoms with Gasteiger partial charge in [0.2, 0.25) is 6.79 Å². The third-order valence-electron chi connectivity index (χ3n) is 6.89. The predicted octanol–water partition coefficient (Wildman–Crippen LogP) is 4.74. The van der Waals surface area contributed by atoms with E-state index in [1.165, 1.54) is 12.5 Å². The van der Waals surface area contributed by atoms with Crippen molar-refractivity contribution in [2.45, 2.75) is 46.1 Å². The van der Waals surface area contributed by atoms with Crippen LogP contribution >= 0.6 is 0 Å². The first-order chi connectivity index (χ1) is 12.4. The molecule has 4 heteroatoms. The maximum absolute atomic E-state index is 12.2. The van der Waals surface area contributed by atoms with Crippen LogP contribution in [0.5, 0.6) is 11.5 Å². The zero-order valence-electron chi connectivity index (χ0n) is 15.7. The van der Waals surface area contributed by atoms with Crippen LogP contribution in [-0.4, -0.2) is 18.9 Å². The third kappa shape index (κ3) is 2.81. The number of benzene rings is 1. The number of carbonyl (C=O) groups excluding carboxylic acids is 1. The molecule has 2 aliphatic carbocycles. The van der Waals surface area contributed by atoms with Gasteiger partial charge in [0.15, 0.2) is 11.5 Å². The minimum absolute atomic E-state index is 0.0544. The fourth-order valence-electron chi connectivity index (χ4n) is 4.84. The molecule has 4 rings (SSSR count). The van der Waals surface area contributed by atoms with E-state index in [1.807, 2.05) is 30.4 Å². The monoisotopic (exact) mass is 354 g/mol. The molecule has 2 saturated carbocycles. The second-order valence-electron chi connectivity index (χ2n) is 8.44. The van der Waals surface area contributed by atoms with E-state index in [0.29, 0.717) is 11.3 Å². The van der Waals surface area contributed by atoms with Crippen molar-refractivity contribution in [2.75, 3.05) is 6.79 Å². The topological polar surface area (TPSA) is 44.8 Å². The lowest BCUT2D eigenvalue weighted by molar-refractivity contribution is -0.146. The fraction of sp³-hybridized carbons (Fsp3) is 0.500. The van der Waals surface area contributed by atoms with Crippen LogP contribution in [0.25, 0.3) is 6.08 Å². The summed E-state index contributed by atoms with van der Waals surface area (Å²) in [5.74, 6) is 1.75. The van der Waals surface area contributed by atoms with E-state index >= 15 is 0 Å². The van der Waals surface area contributed by atoms with Crippen LogP contribution in [0.3, 0.4) is 0 Å². The molecule has 1 aromatic rings. The highest BCUT2D eigenvalue weighted by Crippen LogP contribution is 2.66. The maximum atomic E-state index is 12.2. The second kappa shape index (κ2) is 6.19. The largest absolute Gasteiger partial charge is 0.459 e. The molecule has 2 bridgehead atoms. The summed E-state index contributed by atoms with van der Waals surface area (Å²) in [4.78, 5) is 12.2. The van der Waals surface area contributed by atoms with E-state index in [4.69, 9.17) is 14.2 Å². The van der Waals surface area contributed by atoms with Crippen LogP contribution in [0.2, 0.25) is 0 Å². The summed E-state index contributed by atoms with van der Waals surface area (Å²) < 4.78 is 16.4. The molecule has 0 spiro atoms. The van der Waals surface area contributed by atoms with E-state index in [9.17, 15) is 4.79 Å². The predicted molar refractivity (Wildman–Crippen MR) is 99.8 cm³/mol. The normalized spacial score (nSPS) is 31.2. The number of carbonyl (C=O) groups is 1. The van der Waals surface area contributed by atoms with Gasteiger partial charge in [0.25, 0.3) is 0 Å². The summed E-state index contributed by atoms with van der Waals surface area (Å²) in [6.45, 7) is 7.25. The molecule has 3 atom stereocenters. The Bertz CT molecular complexity index is 774. The standard InChI is InChI=1S/C22H26O4/c1-21(2)16-10-11-22(21,3)13-19(16)26-20(23)7-5-4-6-15-8-9-17-18(12-15)25-14-24-17/h4-9,12,16,19H,10-11,13-14H2,1-3H3/b6-4+,7-5+/t16-,19?,22+/m1/s1. The van der Waals surface area contributed by atoms with E-state index in [-0.39, 0.29) is 24.3 Å². The molecule has 0 aromatic heterocycles. The summed E-state index contributed by atoms with van der Waals surface area (Å²) in [7, 11) is 0. The average molecular weight is 354 g/mol. The van der Waals surface area contributed by atoms with E-state index in [0.717, 1.165) is 29.9 Å². The van der Waals surface area contributed by atoms with Crippen molar-refractivity contribution in [1.29, 1.82) is 0 Å². The molecule has 138 valence electrons. The Hall–Kier alpha value is -2.23. The molecule has 26 heavy (non-hydrogen) atoms. The Morgan fingerprint density at radius 2 is 2.00 bits per heavy atom. The minimum atomic E-state index is -0.253. The Morgan fingerprint density at radius 1 is 1.19 bits per heavy atom. The first-order valence-electron chi connectivity index (χ1n) is 9.34. The van der Waals surface area contributed by atoms with Gasteiger partial charge >= 0.3 is 5.97 Å². The highest BCUT2D eigenvalue weighted by atomic mass is 16.7. The highest BCUT2D eigenvalue weighted by Gasteiger charge is 2.61. The van der Waals surface area contributed by atoms with Crippen molar-refractivity contribution >= 4 is 12.0 Å². The van der Waals surface area contributed by atoms with E-state index in [2.05, 4.69) is 20.8 Å². The molecule has 0 radical (unpaired) electrons. The van der Waals surface area contributed by atoms with Crippen molar-refractivity contribution in [1.82, 2.24) is 0 Å². The summed E-state index contributed by atoms with van der Waals surface area (Å²) >= 11 is 0. The smallest absolute Gasteiger partial charge is 0.331 e. The van der Waals surface area contributed by atoms with Gasteiger partial charge in [-0.05, 0) is 47.8 Å². The van der Waals surface area contributed by atoms with Crippen molar-refractivity contribution in [2.24, 2.45) is 16.7 Å². The maximum Gasteiger partial charge on any atom is 0.331 e. The van der Waals surface area contributed by atoms with Crippen LogP contribution < -0.4 is 9.47 Å². The molecule has 1 aliphatic heterocycles. The molecule has 1 aromatic carbocycles. The zero-order chi connectivity index (χ0) is 18.4. The molecular weight excluding hydrogens is 328 g/mol. The van der Waals surface area contributed by atoms with Crippen molar-refractivity contribution in [3.05, 3.63) is 42.0 Å². The van der Waals surface area contributed by atoms with Crippen molar-refractivity contribution in [3.8, 4) is 11.5 Å². The lowest BCUT2D eigenvalue weighted by Crippen LogP contribution is -2.27. The average Bonchev–Trinajstić information content (AvgIpc) is 3.19. The van der Waals surface area contributed by atoms with Gasteiger partial charge in [0.1, 0.15) is 6.10 Å². The summed E-state index contributed by atoms with van der Waals surface area (Å²) in [5, 5.41) is 0. The van der Waals surface area contributed by atoms with Gasteiger partial charge in [-0.3, -0.25) is 0 Å². The van der Waals surface area contributed by atoms with Gasteiger partial charge in [-0.2, -0.15) is 0 Å². The first-order valence-corrected chi connectivity index (χ1v) is 9.34. The van der Waals surface area contributed by atoms with E-state index < -0.39 is 0 Å². The SMILES string of the molecule is CC1(C)[C@@H]2CC[C@@]1(C)CC2OC(=O)/C=C/C=C/c1ccc2c(c1)OCO2. The number of esters is 1. The number of fused-ring (bicyclic) bond motifs is 3. The number of rotatable bonds is 4. The van der Waals surface area contributed by atoms with Crippen LogP contribution in [0.15, 0.2) is 36.4 Å². The van der Waals surface area contributed by atoms with Gasteiger partial charge in [0.05, 0.1) is 0 Å². The van der Waals surface area contributed by atoms with Crippen LogP contribution in [0, 0.1) is 16.7 Å². The minimum Gasteiger partial charge on any atom is -0.459 e. The first kappa shape index (κ1) is 17.2. The number of hydrogen-bond donors (Lipinski definition) is 0. The van der Waals surface area contributed by atoms with Crippen LogP contribution in [-0.2, 0) is 9.53 Å². The van der Waals surface area contributed by atoms with Crippen molar-refractivity contribution < 1.29 is 19.0 Å². The number of allylic oxidation sites excluding steroid dienone is 2. The van der Waals surface area contributed by atoms with Gasteiger partial charge in [-0.25, -0.2) is 4.79 Å². The lowest BCUT2D eigenvalue weighted by Gasteiger charge is -2.33. The third-order valence-corrected chi connectivity index (χ3v) is 6.89. The summed E-state index contributed by atoms with van der Waals surface area (Å²) in [6.07, 6.45) is 10.4. The van der Waals surface area contributed by atoms with Gasteiger partial charge in [-0.1, -0.05) is 45.1 Å². The Balaban J connectivity index is 1.33. The number of hydrogen-bond acceptors (Lipinski definition) is 4. The molecule has 0 amide bonds. The van der Waals surface area contributed by atoms with Gasteiger partial charge < -0.3 is 14.2 Å². The molecule has 0 saturated heterocycles. The molecule has 1 unspecified atom stereocenters. The quantitative estimate of drug-likeness (QED) is 0.445. The fourth-order valence-corrected chi connectivity index (χ4v) is 4.84. The lowest BCUT2D eigenvalue weighted by atomic mass is 9.71. The Morgan fingerprint density at radius 3 is 2.73 bits per heavy atom.